The Labute approximate surface area is 96.1 Å². The normalized spacial score (nSPS) is 10.0. The van der Waals surface area contributed by atoms with Crippen molar-refractivity contribution in [2.45, 2.75) is 32.1 Å². The van der Waals surface area contributed by atoms with Crippen molar-refractivity contribution >= 4 is 24.5 Å². The number of hydrogen-bond acceptors (Lipinski definition) is 3. The molecule has 0 heterocycles. The molecule has 0 aromatic carbocycles. The van der Waals surface area contributed by atoms with Gasteiger partial charge in [-0.1, -0.05) is 6.42 Å². The number of thiol groups is 1. The van der Waals surface area contributed by atoms with E-state index in [-0.39, 0.29) is 12.3 Å². The maximum Gasteiger partial charge on any atom is 0.305 e. The lowest BCUT2D eigenvalue weighted by Crippen LogP contribution is -2.28. The summed E-state index contributed by atoms with van der Waals surface area (Å²) < 4.78 is 0. The second kappa shape index (κ2) is 8.59. The van der Waals surface area contributed by atoms with Gasteiger partial charge in [0, 0.05) is 20.0 Å². The predicted molar refractivity (Wildman–Crippen MR) is 62.2 cm³/mol. The number of aliphatic carboxylic acids is 1. The second-order valence-corrected chi connectivity index (χ2v) is 3.94. The van der Waals surface area contributed by atoms with Crippen LogP contribution in [0.5, 0.6) is 0 Å². The molecule has 0 saturated carbocycles. The zero-order valence-electron chi connectivity index (χ0n) is 9.11. The van der Waals surface area contributed by atoms with Crippen LogP contribution in [-0.4, -0.2) is 41.2 Å². The van der Waals surface area contributed by atoms with Crippen molar-refractivity contribution in [1.82, 2.24) is 4.90 Å². The van der Waals surface area contributed by atoms with Crippen molar-refractivity contribution in [3.63, 3.8) is 0 Å². The largest absolute Gasteiger partial charge is 0.481 e. The number of nitrogens with zero attached hydrogens (tertiary/aromatic N) is 1. The number of unbranched alkanes of at least 4 members (excludes halogenated alkanes) is 2. The number of carbonyl (C=O) groups is 2. The van der Waals surface area contributed by atoms with E-state index in [9.17, 15) is 9.59 Å². The first-order chi connectivity index (χ1) is 7.07. The molecule has 0 fully saturated rings. The standard InChI is InChI=1S/C10H19NO3S/c1-11(7-6-10(13)14)9(12)5-3-2-4-8-15/h15H,2-8H2,1H3,(H,13,14). The van der Waals surface area contributed by atoms with Gasteiger partial charge in [-0.05, 0) is 18.6 Å². The molecule has 0 bridgehead atoms. The average molecular weight is 233 g/mol. The van der Waals surface area contributed by atoms with E-state index in [1.54, 1.807) is 7.05 Å². The molecule has 0 spiro atoms. The Morgan fingerprint density at radius 2 is 1.87 bits per heavy atom. The van der Waals surface area contributed by atoms with E-state index in [4.69, 9.17) is 5.11 Å². The molecular formula is C10H19NO3S. The molecule has 0 aromatic heterocycles. The Kier molecular flexibility index (Phi) is 8.18. The number of carbonyl (C=O) groups excluding carboxylic acids is 1. The van der Waals surface area contributed by atoms with Crippen LogP contribution >= 0.6 is 12.6 Å². The fourth-order valence-electron chi connectivity index (χ4n) is 1.14. The van der Waals surface area contributed by atoms with E-state index in [2.05, 4.69) is 12.6 Å². The van der Waals surface area contributed by atoms with Crippen LogP contribution in [0.15, 0.2) is 0 Å². The topological polar surface area (TPSA) is 57.6 Å². The number of amides is 1. The highest BCUT2D eigenvalue weighted by atomic mass is 32.1. The third kappa shape index (κ3) is 8.30. The summed E-state index contributed by atoms with van der Waals surface area (Å²) in [6.45, 7) is 0.292. The summed E-state index contributed by atoms with van der Waals surface area (Å²) in [5, 5.41) is 8.44. The van der Waals surface area contributed by atoms with E-state index in [1.165, 1.54) is 4.90 Å². The van der Waals surface area contributed by atoms with Crippen molar-refractivity contribution in [2.24, 2.45) is 0 Å². The summed E-state index contributed by atoms with van der Waals surface area (Å²) in [6.07, 6.45) is 3.40. The molecule has 0 aliphatic carbocycles. The summed E-state index contributed by atoms with van der Waals surface area (Å²) in [5.41, 5.74) is 0. The Hall–Kier alpha value is -0.710. The van der Waals surface area contributed by atoms with E-state index < -0.39 is 5.97 Å². The first-order valence-corrected chi connectivity index (χ1v) is 5.77. The fraction of sp³-hybridized carbons (Fsp3) is 0.800. The Morgan fingerprint density at radius 3 is 2.40 bits per heavy atom. The zero-order chi connectivity index (χ0) is 11.7. The highest BCUT2D eigenvalue weighted by molar-refractivity contribution is 7.80. The van der Waals surface area contributed by atoms with E-state index in [0.29, 0.717) is 13.0 Å². The molecule has 88 valence electrons. The number of rotatable bonds is 8. The zero-order valence-corrected chi connectivity index (χ0v) is 10.0. The van der Waals surface area contributed by atoms with Crippen LogP contribution in [0.3, 0.4) is 0 Å². The quantitative estimate of drug-likeness (QED) is 0.492. The van der Waals surface area contributed by atoms with Gasteiger partial charge in [-0.15, -0.1) is 0 Å². The fourth-order valence-corrected chi connectivity index (χ4v) is 1.37. The van der Waals surface area contributed by atoms with Gasteiger partial charge in [0.25, 0.3) is 0 Å². The Bertz CT molecular complexity index is 209. The SMILES string of the molecule is CN(CCC(=O)O)C(=O)CCCCCS. The Morgan fingerprint density at radius 1 is 1.20 bits per heavy atom. The molecule has 0 aliphatic rings. The van der Waals surface area contributed by atoms with Crippen LogP contribution in [0.4, 0.5) is 0 Å². The van der Waals surface area contributed by atoms with Crippen molar-refractivity contribution in [3.05, 3.63) is 0 Å². The lowest BCUT2D eigenvalue weighted by molar-refractivity contribution is -0.138. The van der Waals surface area contributed by atoms with Crippen LogP contribution in [0.2, 0.25) is 0 Å². The van der Waals surface area contributed by atoms with Gasteiger partial charge in [0.1, 0.15) is 0 Å². The van der Waals surface area contributed by atoms with Gasteiger partial charge in [0.05, 0.1) is 6.42 Å². The molecular weight excluding hydrogens is 214 g/mol. The van der Waals surface area contributed by atoms with Gasteiger partial charge < -0.3 is 10.0 Å². The molecule has 0 rings (SSSR count). The van der Waals surface area contributed by atoms with Crippen molar-refractivity contribution in [2.75, 3.05) is 19.3 Å². The first-order valence-electron chi connectivity index (χ1n) is 5.14. The molecule has 0 aliphatic heterocycles. The van der Waals surface area contributed by atoms with Gasteiger partial charge in [0.2, 0.25) is 5.91 Å². The Balaban J connectivity index is 3.55. The summed E-state index contributed by atoms with van der Waals surface area (Å²) in [5.74, 6) is 0.00315. The highest BCUT2D eigenvalue weighted by Crippen LogP contribution is 2.03. The smallest absolute Gasteiger partial charge is 0.305 e. The molecule has 1 amide bonds. The number of hydrogen-bond donors (Lipinski definition) is 2. The van der Waals surface area contributed by atoms with E-state index in [1.807, 2.05) is 0 Å². The van der Waals surface area contributed by atoms with E-state index >= 15 is 0 Å². The monoisotopic (exact) mass is 233 g/mol. The lowest BCUT2D eigenvalue weighted by atomic mass is 10.2. The van der Waals surface area contributed by atoms with Gasteiger partial charge in [0.15, 0.2) is 0 Å². The number of carboxylic acid groups (broad SMARTS) is 1. The third-order valence-electron chi connectivity index (χ3n) is 2.14. The molecule has 5 heteroatoms. The van der Waals surface area contributed by atoms with Crippen LogP contribution in [0.1, 0.15) is 32.1 Å². The van der Waals surface area contributed by atoms with Gasteiger partial charge in [-0.25, -0.2) is 0 Å². The molecule has 1 N–H and O–H groups in total. The molecule has 0 radical (unpaired) electrons. The van der Waals surface area contributed by atoms with Crippen LogP contribution in [0, 0.1) is 0 Å². The van der Waals surface area contributed by atoms with Gasteiger partial charge in [-0.2, -0.15) is 12.6 Å². The average Bonchev–Trinajstić information content (AvgIpc) is 2.20. The van der Waals surface area contributed by atoms with Crippen LogP contribution in [0.25, 0.3) is 0 Å². The minimum Gasteiger partial charge on any atom is -0.481 e. The first kappa shape index (κ1) is 14.3. The predicted octanol–water partition coefficient (Wildman–Crippen LogP) is 1.41. The summed E-state index contributed by atoms with van der Waals surface area (Å²) in [7, 11) is 1.64. The van der Waals surface area contributed by atoms with E-state index in [0.717, 1.165) is 25.0 Å². The summed E-state index contributed by atoms with van der Waals surface area (Å²) in [6, 6.07) is 0. The van der Waals surface area contributed by atoms with Crippen molar-refractivity contribution in [3.8, 4) is 0 Å². The highest BCUT2D eigenvalue weighted by Gasteiger charge is 2.09. The molecule has 15 heavy (non-hydrogen) atoms. The minimum atomic E-state index is -0.871. The number of carboxylic acids is 1. The molecule has 0 atom stereocenters. The second-order valence-electron chi connectivity index (χ2n) is 3.49. The molecule has 4 nitrogen and oxygen atoms in total. The van der Waals surface area contributed by atoms with Crippen LogP contribution in [-0.2, 0) is 9.59 Å². The third-order valence-corrected chi connectivity index (χ3v) is 2.45. The maximum absolute atomic E-state index is 11.4. The van der Waals surface area contributed by atoms with Gasteiger partial charge in [-0.3, -0.25) is 9.59 Å². The van der Waals surface area contributed by atoms with Gasteiger partial charge >= 0.3 is 5.97 Å². The summed E-state index contributed by atoms with van der Waals surface area (Å²) in [4.78, 5) is 23.2. The minimum absolute atomic E-state index is 0.0128. The summed E-state index contributed by atoms with van der Waals surface area (Å²) >= 11 is 4.08. The molecule has 0 unspecified atom stereocenters. The lowest BCUT2D eigenvalue weighted by Gasteiger charge is -2.15. The molecule has 0 saturated heterocycles. The maximum atomic E-state index is 11.4. The molecule has 0 aromatic rings. The van der Waals surface area contributed by atoms with Crippen LogP contribution < -0.4 is 0 Å². The van der Waals surface area contributed by atoms with Crippen molar-refractivity contribution < 1.29 is 14.7 Å². The van der Waals surface area contributed by atoms with Crippen molar-refractivity contribution in [1.29, 1.82) is 0 Å².